The number of likely N-dealkylation sites (N-methyl/N-ethyl adjacent to an activating group) is 1. The van der Waals surface area contributed by atoms with Crippen LogP contribution < -0.4 is 5.32 Å². The molecule has 0 bridgehead atoms. The van der Waals surface area contributed by atoms with E-state index in [2.05, 4.69) is 10.4 Å². The molecule has 0 aliphatic carbocycles. The zero-order valence-corrected chi connectivity index (χ0v) is 11.7. The van der Waals surface area contributed by atoms with E-state index >= 15 is 0 Å². The van der Waals surface area contributed by atoms with Gasteiger partial charge in [-0.25, -0.2) is 4.79 Å². The van der Waals surface area contributed by atoms with Crippen LogP contribution in [0.1, 0.15) is 12.5 Å². The fraction of sp³-hybridized carbons (Fsp3) is 0.333. The minimum absolute atomic E-state index is 0.318. The molecule has 0 aliphatic rings. The number of ether oxygens (including phenoxy) is 1. The molecular formula is C15H19N3O2. The van der Waals surface area contributed by atoms with Crippen molar-refractivity contribution in [1.82, 2.24) is 15.1 Å². The van der Waals surface area contributed by atoms with Crippen molar-refractivity contribution in [2.45, 2.75) is 19.0 Å². The summed E-state index contributed by atoms with van der Waals surface area (Å²) < 4.78 is 6.76. The topological polar surface area (TPSA) is 56.2 Å². The van der Waals surface area contributed by atoms with Crippen molar-refractivity contribution < 1.29 is 9.53 Å². The van der Waals surface area contributed by atoms with Crippen molar-refractivity contribution in [3.8, 4) is 0 Å². The van der Waals surface area contributed by atoms with Gasteiger partial charge in [0.25, 0.3) is 0 Å². The number of benzene rings is 1. The highest BCUT2D eigenvalue weighted by molar-refractivity contribution is 5.82. The Kier molecular flexibility index (Phi) is 4.53. The van der Waals surface area contributed by atoms with Gasteiger partial charge in [0.1, 0.15) is 0 Å². The maximum Gasteiger partial charge on any atom is 0.332 e. The first-order valence-electron chi connectivity index (χ1n) is 6.59. The summed E-state index contributed by atoms with van der Waals surface area (Å²) in [5, 5.41) is 7.46. The first-order chi connectivity index (χ1) is 9.73. The van der Waals surface area contributed by atoms with Crippen LogP contribution in [0.2, 0.25) is 0 Å². The predicted octanol–water partition coefficient (Wildman–Crippen LogP) is 1.56. The number of hydrogen-bond acceptors (Lipinski definition) is 4. The van der Waals surface area contributed by atoms with Crippen LogP contribution in [-0.4, -0.2) is 29.4 Å². The van der Waals surface area contributed by atoms with Crippen LogP contribution in [0.4, 0.5) is 0 Å². The molecule has 20 heavy (non-hydrogen) atoms. The number of carbonyl (C=O) groups is 1. The van der Waals surface area contributed by atoms with E-state index in [-0.39, 0.29) is 5.97 Å². The SMILES string of the molecule is CCNC(Cn1cccn1)(C(=O)OC)c1ccccc1. The lowest BCUT2D eigenvalue weighted by atomic mass is 9.89. The van der Waals surface area contributed by atoms with Crippen LogP contribution in [0.25, 0.3) is 0 Å². The number of aromatic nitrogens is 2. The Morgan fingerprint density at radius 3 is 2.65 bits per heavy atom. The van der Waals surface area contributed by atoms with Gasteiger partial charge in [-0.05, 0) is 18.2 Å². The standard InChI is InChI=1S/C15H19N3O2/c1-3-16-15(14(19)20-2,12-18-11-7-10-17-18)13-8-5-4-6-9-13/h4-11,16H,3,12H2,1-2H3. The van der Waals surface area contributed by atoms with E-state index in [0.29, 0.717) is 13.1 Å². The minimum Gasteiger partial charge on any atom is -0.467 e. The molecule has 106 valence electrons. The highest BCUT2D eigenvalue weighted by atomic mass is 16.5. The lowest BCUT2D eigenvalue weighted by molar-refractivity contribution is -0.150. The quantitative estimate of drug-likeness (QED) is 0.812. The van der Waals surface area contributed by atoms with E-state index in [1.807, 2.05) is 49.5 Å². The summed E-state index contributed by atoms with van der Waals surface area (Å²) in [5.41, 5.74) is -0.0687. The molecule has 5 heteroatoms. The van der Waals surface area contributed by atoms with Crippen LogP contribution >= 0.6 is 0 Å². The van der Waals surface area contributed by atoms with Gasteiger partial charge < -0.3 is 4.74 Å². The van der Waals surface area contributed by atoms with Gasteiger partial charge in [-0.2, -0.15) is 5.10 Å². The molecule has 2 rings (SSSR count). The lowest BCUT2D eigenvalue weighted by Crippen LogP contribution is -2.53. The van der Waals surface area contributed by atoms with Crippen molar-refractivity contribution >= 4 is 5.97 Å². The number of rotatable bonds is 6. The average molecular weight is 273 g/mol. The molecule has 1 N–H and O–H groups in total. The molecule has 0 aliphatic heterocycles. The van der Waals surface area contributed by atoms with Gasteiger partial charge in [-0.3, -0.25) is 10.00 Å². The monoisotopic (exact) mass is 273 g/mol. The van der Waals surface area contributed by atoms with Gasteiger partial charge >= 0.3 is 5.97 Å². The van der Waals surface area contributed by atoms with Crippen LogP contribution in [0.5, 0.6) is 0 Å². The third-order valence-electron chi connectivity index (χ3n) is 3.24. The van der Waals surface area contributed by atoms with Crippen LogP contribution in [0.15, 0.2) is 48.8 Å². The Bertz CT molecular complexity index is 540. The molecule has 0 radical (unpaired) electrons. The van der Waals surface area contributed by atoms with Gasteiger partial charge in [-0.15, -0.1) is 0 Å². The molecule has 2 aromatic rings. The molecule has 1 unspecified atom stereocenters. The van der Waals surface area contributed by atoms with Crippen molar-refractivity contribution in [2.75, 3.05) is 13.7 Å². The normalized spacial score (nSPS) is 13.7. The van der Waals surface area contributed by atoms with Crippen LogP contribution in [-0.2, 0) is 21.6 Å². The first-order valence-corrected chi connectivity index (χ1v) is 6.59. The van der Waals surface area contributed by atoms with Gasteiger partial charge in [0, 0.05) is 12.4 Å². The Morgan fingerprint density at radius 2 is 2.10 bits per heavy atom. The number of esters is 1. The van der Waals surface area contributed by atoms with Crippen molar-refractivity contribution in [1.29, 1.82) is 0 Å². The largest absolute Gasteiger partial charge is 0.467 e. The fourth-order valence-corrected chi connectivity index (χ4v) is 2.34. The molecular weight excluding hydrogens is 254 g/mol. The van der Waals surface area contributed by atoms with E-state index in [9.17, 15) is 4.79 Å². The van der Waals surface area contributed by atoms with Crippen molar-refractivity contribution in [2.24, 2.45) is 0 Å². The minimum atomic E-state index is -0.934. The summed E-state index contributed by atoms with van der Waals surface area (Å²) >= 11 is 0. The average Bonchev–Trinajstić information content (AvgIpc) is 2.99. The number of nitrogens with zero attached hydrogens (tertiary/aromatic N) is 2. The predicted molar refractivity (Wildman–Crippen MR) is 76.0 cm³/mol. The first kappa shape index (κ1) is 14.3. The molecule has 0 saturated carbocycles. The van der Waals surface area contributed by atoms with E-state index < -0.39 is 5.54 Å². The third kappa shape index (κ3) is 2.72. The Morgan fingerprint density at radius 1 is 1.35 bits per heavy atom. The Labute approximate surface area is 118 Å². The maximum atomic E-state index is 12.4. The molecule has 0 spiro atoms. The zero-order valence-electron chi connectivity index (χ0n) is 11.7. The van der Waals surface area contributed by atoms with Gasteiger partial charge in [0.2, 0.25) is 0 Å². The van der Waals surface area contributed by atoms with Crippen LogP contribution in [0, 0.1) is 0 Å². The Balaban J connectivity index is 2.47. The molecule has 1 aromatic heterocycles. The molecule has 1 aromatic carbocycles. The zero-order chi connectivity index (χ0) is 14.4. The molecule has 0 amide bonds. The summed E-state index contributed by atoms with van der Waals surface area (Å²) in [6, 6.07) is 11.4. The van der Waals surface area contributed by atoms with Crippen molar-refractivity contribution in [3.05, 3.63) is 54.4 Å². The second-order valence-corrected chi connectivity index (χ2v) is 4.50. The summed E-state index contributed by atoms with van der Waals surface area (Å²) in [4.78, 5) is 12.4. The van der Waals surface area contributed by atoms with E-state index in [0.717, 1.165) is 5.56 Å². The van der Waals surface area contributed by atoms with Gasteiger partial charge in [0.05, 0.1) is 13.7 Å². The third-order valence-corrected chi connectivity index (χ3v) is 3.24. The molecule has 0 saturated heterocycles. The summed E-state index contributed by atoms with van der Waals surface area (Å²) in [7, 11) is 1.40. The molecule has 1 heterocycles. The van der Waals surface area contributed by atoms with Crippen LogP contribution in [0.3, 0.4) is 0 Å². The second-order valence-electron chi connectivity index (χ2n) is 4.50. The Hall–Kier alpha value is -2.14. The highest BCUT2D eigenvalue weighted by Crippen LogP contribution is 2.25. The summed E-state index contributed by atoms with van der Waals surface area (Å²) in [5.74, 6) is -0.318. The number of carbonyl (C=O) groups excluding carboxylic acids is 1. The summed E-state index contributed by atoms with van der Waals surface area (Å²) in [6.07, 6.45) is 3.52. The molecule has 1 atom stereocenters. The number of hydrogen-bond donors (Lipinski definition) is 1. The second kappa shape index (κ2) is 6.34. The van der Waals surface area contributed by atoms with Crippen molar-refractivity contribution in [3.63, 3.8) is 0 Å². The van der Waals surface area contributed by atoms with Gasteiger partial charge in [-0.1, -0.05) is 37.3 Å². The van der Waals surface area contributed by atoms with E-state index in [1.54, 1.807) is 10.9 Å². The fourth-order valence-electron chi connectivity index (χ4n) is 2.34. The van der Waals surface area contributed by atoms with E-state index in [4.69, 9.17) is 4.74 Å². The maximum absolute atomic E-state index is 12.4. The van der Waals surface area contributed by atoms with E-state index in [1.165, 1.54) is 7.11 Å². The number of nitrogens with one attached hydrogen (secondary N) is 1. The molecule has 5 nitrogen and oxygen atoms in total. The summed E-state index contributed by atoms with van der Waals surface area (Å²) in [6.45, 7) is 2.99. The van der Waals surface area contributed by atoms with Gasteiger partial charge in [0.15, 0.2) is 5.54 Å². The lowest BCUT2D eigenvalue weighted by Gasteiger charge is -2.32. The smallest absolute Gasteiger partial charge is 0.332 e. The highest BCUT2D eigenvalue weighted by Gasteiger charge is 2.41. The number of methoxy groups -OCH3 is 1. The molecule has 0 fully saturated rings.